The van der Waals surface area contributed by atoms with Gasteiger partial charge >= 0.3 is 0 Å². The second-order valence-corrected chi connectivity index (χ2v) is 4.97. The van der Waals surface area contributed by atoms with E-state index >= 15 is 0 Å². The Morgan fingerprint density at radius 3 is 2.78 bits per heavy atom. The lowest BCUT2D eigenvalue weighted by atomic mass is 9.90. The van der Waals surface area contributed by atoms with E-state index in [1.165, 1.54) is 32.1 Å². The molecule has 0 heterocycles. The van der Waals surface area contributed by atoms with Crippen LogP contribution in [0.15, 0.2) is 24.3 Å². The molecular weight excluding hydrogens is 223 g/mol. The van der Waals surface area contributed by atoms with Crippen molar-refractivity contribution in [3.8, 4) is 5.75 Å². The molecule has 0 atom stereocenters. The van der Waals surface area contributed by atoms with E-state index in [9.17, 15) is 4.79 Å². The van der Waals surface area contributed by atoms with Crippen LogP contribution in [0.3, 0.4) is 0 Å². The first-order chi connectivity index (χ1) is 8.79. The van der Waals surface area contributed by atoms with Crippen molar-refractivity contribution in [1.82, 2.24) is 0 Å². The number of Topliss-reactive ketones (excluding diaryl/α,β-unsaturated/α-hetero) is 1. The van der Waals surface area contributed by atoms with Crippen molar-refractivity contribution in [2.24, 2.45) is 5.92 Å². The number of carbonyl (C=O) groups is 1. The first-order valence-corrected chi connectivity index (χ1v) is 6.75. The molecular formula is C15H19BO2. The van der Waals surface area contributed by atoms with E-state index in [-0.39, 0.29) is 12.1 Å². The molecule has 0 bridgehead atoms. The van der Waals surface area contributed by atoms with E-state index in [1.54, 1.807) is 12.1 Å². The van der Waals surface area contributed by atoms with Gasteiger partial charge in [-0.3, -0.25) is 4.79 Å². The van der Waals surface area contributed by atoms with Gasteiger partial charge in [0.05, 0.1) is 14.5 Å². The third-order valence-electron chi connectivity index (χ3n) is 3.55. The maximum atomic E-state index is 11.5. The van der Waals surface area contributed by atoms with E-state index in [0.717, 1.165) is 12.4 Å². The first-order valence-electron chi connectivity index (χ1n) is 6.75. The fourth-order valence-electron chi connectivity index (χ4n) is 2.45. The zero-order chi connectivity index (χ0) is 12.8. The summed E-state index contributed by atoms with van der Waals surface area (Å²) in [5.74, 6) is 1.41. The van der Waals surface area contributed by atoms with Gasteiger partial charge in [0, 0.05) is 5.56 Å². The van der Waals surface area contributed by atoms with Crippen molar-refractivity contribution in [2.75, 3.05) is 6.61 Å². The number of rotatable bonds is 5. The molecule has 3 heteroatoms. The molecule has 1 aromatic rings. The van der Waals surface area contributed by atoms with Crippen LogP contribution in [0.4, 0.5) is 0 Å². The number of ketones is 1. The van der Waals surface area contributed by atoms with Gasteiger partial charge in [0.25, 0.3) is 0 Å². The molecule has 94 valence electrons. The van der Waals surface area contributed by atoms with Crippen LogP contribution in [-0.2, 0) is 0 Å². The number of benzene rings is 1. The minimum Gasteiger partial charge on any atom is -0.493 e. The number of hydrogen-bond acceptors (Lipinski definition) is 2. The Morgan fingerprint density at radius 1 is 1.28 bits per heavy atom. The molecule has 2 nitrogen and oxygen atoms in total. The van der Waals surface area contributed by atoms with Crippen LogP contribution in [0, 0.1) is 5.92 Å². The maximum Gasteiger partial charge on any atom is 0.154 e. The lowest BCUT2D eigenvalue weighted by Crippen LogP contribution is -2.15. The highest BCUT2D eigenvalue weighted by molar-refractivity contribution is 6.24. The smallest absolute Gasteiger partial charge is 0.154 e. The zero-order valence-electron chi connectivity index (χ0n) is 10.7. The van der Waals surface area contributed by atoms with Gasteiger partial charge in [-0.2, -0.15) is 0 Å². The molecule has 1 aliphatic rings. The van der Waals surface area contributed by atoms with E-state index < -0.39 is 0 Å². The Bertz CT molecular complexity index is 397. The number of carbonyl (C=O) groups excluding carboxylic acids is 1. The zero-order valence-corrected chi connectivity index (χ0v) is 10.7. The van der Waals surface area contributed by atoms with Crippen molar-refractivity contribution >= 4 is 13.6 Å². The van der Waals surface area contributed by atoms with Crippen LogP contribution in [0.2, 0.25) is 6.32 Å². The molecule has 0 aromatic heterocycles. The number of ether oxygens (including phenoxy) is 1. The van der Waals surface area contributed by atoms with Gasteiger partial charge in [-0.15, -0.1) is 0 Å². The van der Waals surface area contributed by atoms with E-state index in [0.29, 0.717) is 11.5 Å². The van der Waals surface area contributed by atoms with Gasteiger partial charge in [-0.05, 0) is 37.2 Å². The Hall–Kier alpha value is -1.25. The molecule has 0 saturated heterocycles. The SMILES string of the molecule is [B]CC(=O)c1cccc(OCC2CCCCC2)c1. The van der Waals surface area contributed by atoms with Crippen molar-refractivity contribution in [3.63, 3.8) is 0 Å². The summed E-state index contributed by atoms with van der Waals surface area (Å²) in [7, 11) is 5.35. The molecule has 0 spiro atoms. The molecule has 1 saturated carbocycles. The minimum atomic E-state index is -0.0434. The molecule has 0 aliphatic heterocycles. The Balaban J connectivity index is 1.90. The summed E-state index contributed by atoms with van der Waals surface area (Å²) in [6.45, 7) is 0.764. The number of hydrogen-bond donors (Lipinski definition) is 0. The van der Waals surface area contributed by atoms with Crippen molar-refractivity contribution in [3.05, 3.63) is 29.8 Å². The fraction of sp³-hybridized carbons (Fsp3) is 0.533. The normalized spacial score (nSPS) is 16.4. The van der Waals surface area contributed by atoms with Gasteiger partial charge in [-0.1, -0.05) is 31.4 Å². The molecule has 18 heavy (non-hydrogen) atoms. The summed E-state index contributed by atoms with van der Waals surface area (Å²) in [6, 6.07) is 7.32. The lowest BCUT2D eigenvalue weighted by Gasteiger charge is -2.21. The van der Waals surface area contributed by atoms with Gasteiger partial charge in [-0.25, -0.2) is 0 Å². The molecule has 1 fully saturated rings. The van der Waals surface area contributed by atoms with Crippen molar-refractivity contribution in [1.29, 1.82) is 0 Å². The predicted octanol–water partition coefficient (Wildman–Crippen LogP) is 3.42. The van der Waals surface area contributed by atoms with Gasteiger partial charge < -0.3 is 4.74 Å². The van der Waals surface area contributed by atoms with E-state index in [2.05, 4.69) is 0 Å². The van der Waals surface area contributed by atoms with Crippen LogP contribution in [0.25, 0.3) is 0 Å². The van der Waals surface area contributed by atoms with Crippen molar-refractivity contribution in [2.45, 2.75) is 38.4 Å². The Kier molecular flexibility index (Phi) is 4.86. The molecule has 0 N–H and O–H groups in total. The maximum absolute atomic E-state index is 11.5. The highest BCUT2D eigenvalue weighted by Crippen LogP contribution is 2.25. The minimum absolute atomic E-state index is 0.0434. The van der Waals surface area contributed by atoms with Crippen LogP contribution in [0.1, 0.15) is 42.5 Å². The summed E-state index contributed by atoms with van der Waals surface area (Å²) < 4.78 is 5.79. The van der Waals surface area contributed by atoms with Gasteiger partial charge in [0.1, 0.15) is 5.75 Å². The highest BCUT2D eigenvalue weighted by Gasteiger charge is 2.14. The average molecular weight is 242 g/mol. The molecule has 0 unspecified atom stereocenters. The van der Waals surface area contributed by atoms with E-state index in [4.69, 9.17) is 12.6 Å². The second kappa shape index (κ2) is 6.62. The largest absolute Gasteiger partial charge is 0.493 e. The van der Waals surface area contributed by atoms with E-state index in [1.807, 2.05) is 12.1 Å². The average Bonchev–Trinajstić information content (AvgIpc) is 2.45. The summed E-state index contributed by atoms with van der Waals surface area (Å²) in [4.78, 5) is 11.5. The summed E-state index contributed by atoms with van der Waals surface area (Å²) in [6.07, 6.45) is 6.57. The Morgan fingerprint density at radius 2 is 2.06 bits per heavy atom. The molecule has 2 radical (unpaired) electrons. The summed E-state index contributed by atoms with van der Waals surface area (Å²) in [5, 5.41) is 0. The van der Waals surface area contributed by atoms with Crippen LogP contribution < -0.4 is 4.74 Å². The second-order valence-electron chi connectivity index (χ2n) is 4.97. The third-order valence-corrected chi connectivity index (χ3v) is 3.55. The quantitative estimate of drug-likeness (QED) is 0.584. The fourth-order valence-corrected chi connectivity index (χ4v) is 2.45. The monoisotopic (exact) mass is 242 g/mol. The molecule has 0 amide bonds. The van der Waals surface area contributed by atoms with Gasteiger partial charge in [0.2, 0.25) is 0 Å². The van der Waals surface area contributed by atoms with Crippen LogP contribution >= 0.6 is 0 Å². The first kappa shape index (κ1) is 13.2. The third kappa shape index (κ3) is 3.62. The lowest BCUT2D eigenvalue weighted by molar-refractivity contribution is 0.101. The van der Waals surface area contributed by atoms with Crippen LogP contribution in [-0.4, -0.2) is 20.2 Å². The van der Waals surface area contributed by atoms with Crippen molar-refractivity contribution < 1.29 is 9.53 Å². The van der Waals surface area contributed by atoms with Crippen LogP contribution in [0.5, 0.6) is 5.75 Å². The van der Waals surface area contributed by atoms with Gasteiger partial charge in [0.15, 0.2) is 5.78 Å². The molecule has 2 rings (SSSR count). The summed E-state index contributed by atoms with van der Waals surface area (Å²) in [5.41, 5.74) is 0.638. The standard InChI is InChI=1S/C15H19BO2/c16-10-15(17)13-7-4-8-14(9-13)18-11-12-5-2-1-3-6-12/h4,7-9,12H,1-3,5-6,10-11H2. The molecule has 1 aliphatic carbocycles. The highest BCUT2D eigenvalue weighted by atomic mass is 16.5. The Labute approximate surface area is 110 Å². The topological polar surface area (TPSA) is 26.3 Å². The summed E-state index contributed by atoms with van der Waals surface area (Å²) >= 11 is 0. The predicted molar refractivity (Wildman–Crippen MR) is 73.4 cm³/mol. The molecule has 1 aromatic carbocycles.